The Morgan fingerprint density at radius 2 is 1.75 bits per heavy atom. The summed E-state index contributed by atoms with van der Waals surface area (Å²) in [4.78, 5) is 0. The fourth-order valence-corrected chi connectivity index (χ4v) is 2.91. The van der Waals surface area contributed by atoms with Crippen LogP contribution < -0.4 is 10.1 Å². The number of anilines is 1. The van der Waals surface area contributed by atoms with E-state index in [9.17, 15) is 0 Å². The molecule has 1 unspecified atom stereocenters. The summed E-state index contributed by atoms with van der Waals surface area (Å²) in [5.74, 6) is 0.910. The number of para-hydroxylation sites is 1. The van der Waals surface area contributed by atoms with Crippen molar-refractivity contribution in [2.75, 3.05) is 11.9 Å². The highest BCUT2D eigenvalue weighted by atomic mass is 35.5. The molecule has 1 N–H and O–H groups in total. The SMILES string of the molecule is Clc1cc(Cl)c(NC2CCOc3ccccc32)cc1Cl. The molecular weight excluding hydrogens is 317 g/mol. The monoisotopic (exact) mass is 327 g/mol. The molecule has 0 saturated heterocycles. The molecule has 1 atom stereocenters. The normalized spacial score (nSPS) is 17.2. The molecule has 0 amide bonds. The van der Waals surface area contributed by atoms with E-state index >= 15 is 0 Å². The van der Waals surface area contributed by atoms with Gasteiger partial charge in [0, 0.05) is 12.0 Å². The largest absolute Gasteiger partial charge is 0.493 e. The van der Waals surface area contributed by atoms with Gasteiger partial charge in [0.25, 0.3) is 0 Å². The van der Waals surface area contributed by atoms with Crippen LogP contribution in [0.25, 0.3) is 0 Å². The van der Waals surface area contributed by atoms with Gasteiger partial charge in [0.05, 0.1) is 33.4 Å². The zero-order valence-electron chi connectivity index (χ0n) is 10.5. The van der Waals surface area contributed by atoms with Crippen LogP contribution in [0, 0.1) is 0 Å². The molecule has 0 saturated carbocycles. The maximum atomic E-state index is 6.21. The predicted octanol–water partition coefficient (Wildman–Crippen LogP) is 5.58. The van der Waals surface area contributed by atoms with Gasteiger partial charge in [0.1, 0.15) is 5.75 Å². The first-order valence-electron chi connectivity index (χ1n) is 6.28. The van der Waals surface area contributed by atoms with E-state index in [0.717, 1.165) is 23.4 Å². The zero-order chi connectivity index (χ0) is 14.1. The Morgan fingerprint density at radius 3 is 2.60 bits per heavy atom. The number of hydrogen-bond donors (Lipinski definition) is 1. The molecule has 0 spiro atoms. The summed E-state index contributed by atoms with van der Waals surface area (Å²) in [6.45, 7) is 0.674. The first kappa shape index (κ1) is 13.9. The van der Waals surface area contributed by atoms with Crippen molar-refractivity contribution in [3.05, 3.63) is 57.0 Å². The van der Waals surface area contributed by atoms with Crippen LogP contribution in [0.1, 0.15) is 18.0 Å². The van der Waals surface area contributed by atoms with Gasteiger partial charge in [-0.3, -0.25) is 0 Å². The third-order valence-corrected chi connectivity index (χ3v) is 4.33. The number of ether oxygens (including phenoxy) is 1. The van der Waals surface area contributed by atoms with Crippen LogP contribution in [0.5, 0.6) is 5.75 Å². The van der Waals surface area contributed by atoms with Crippen molar-refractivity contribution in [2.45, 2.75) is 12.5 Å². The summed E-state index contributed by atoms with van der Waals surface area (Å²) in [6, 6.07) is 11.5. The second-order valence-corrected chi connectivity index (χ2v) is 5.84. The molecule has 3 rings (SSSR count). The number of fused-ring (bicyclic) bond motifs is 1. The lowest BCUT2D eigenvalue weighted by Crippen LogP contribution is -2.20. The average molecular weight is 329 g/mol. The van der Waals surface area contributed by atoms with E-state index in [-0.39, 0.29) is 6.04 Å². The summed E-state index contributed by atoms with van der Waals surface area (Å²) in [5.41, 5.74) is 1.91. The van der Waals surface area contributed by atoms with Crippen LogP contribution in [0.4, 0.5) is 5.69 Å². The van der Waals surface area contributed by atoms with E-state index in [4.69, 9.17) is 39.5 Å². The Bertz CT molecular complexity index is 645. The van der Waals surface area contributed by atoms with Crippen LogP contribution in [0.2, 0.25) is 15.1 Å². The molecule has 0 bridgehead atoms. The molecule has 0 aromatic heterocycles. The smallest absolute Gasteiger partial charge is 0.124 e. The van der Waals surface area contributed by atoms with Crippen molar-refractivity contribution < 1.29 is 4.74 Å². The average Bonchev–Trinajstić information content (AvgIpc) is 2.45. The molecule has 1 aliphatic rings. The zero-order valence-corrected chi connectivity index (χ0v) is 12.8. The maximum absolute atomic E-state index is 6.21. The fraction of sp³-hybridized carbons (Fsp3) is 0.200. The van der Waals surface area contributed by atoms with E-state index in [1.165, 1.54) is 0 Å². The second kappa shape index (κ2) is 5.72. The number of halogens is 3. The molecule has 0 aliphatic carbocycles. The fourth-order valence-electron chi connectivity index (χ4n) is 2.31. The lowest BCUT2D eigenvalue weighted by Gasteiger charge is -2.27. The van der Waals surface area contributed by atoms with Crippen LogP contribution in [0.3, 0.4) is 0 Å². The highest BCUT2D eigenvalue weighted by molar-refractivity contribution is 6.44. The lowest BCUT2D eigenvalue weighted by atomic mass is 10.0. The van der Waals surface area contributed by atoms with Gasteiger partial charge in [-0.1, -0.05) is 53.0 Å². The first-order chi connectivity index (χ1) is 9.65. The van der Waals surface area contributed by atoms with Gasteiger partial charge >= 0.3 is 0 Å². The third-order valence-electron chi connectivity index (χ3n) is 3.30. The number of hydrogen-bond acceptors (Lipinski definition) is 2. The van der Waals surface area contributed by atoms with E-state index in [1.807, 2.05) is 18.2 Å². The highest BCUT2D eigenvalue weighted by Gasteiger charge is 2.21. The predicted molar refractivity (Wildman–Crippen MR) is 84.4 cm³/mol. The van der Waals surface area contributed by atoms with Gasteiger partial charge in [-0.05, 0) is 18.2 Å². The molecule has 2 aromatic rings. The van der Waals surface area contributed by atoms with Crippen LogP contribution >= 0.6 is 34.8 Å². The summed E-state index contributed by atoms with van der Waals surface area (Å²) >= 11 is 18.2. The van der Waals surface area contributed by atoms with Crippen LogP contribution in [0.15, 0.2) is 36.4 Å². The molecule has 2 nitrogen and oxygen atoms in total. The molecule has 1 heterocycles. The minimum Gasteiger partial charge on any atom is -0.493 e. The van der Waals surface area contributed by atoms with E-state index in [0.29, 0.717) is 21.7 Å². The lowest BCUT2D eigenvalue weighted by molar-refractivity contribution is 0.274. The third kappa shape index (κ3) is 2.69. The Morgan fingerprint density at radius 1 is 1.00 bits per heavy atom. The molecule has 104 valence electrons. The van der Waals surface area contributed by atoms with Crippen molar-refractivity contribution in [3.63, 3.8) is 0 Å². The highest BCUT2D eigenvalue weighted by Crippen LogP contribution is 2.38. The Balaban J connectivity index is 1.91. The summed E-state index contributed by atoms with van der Waals surface area (Å²) in [5, 5.41) is 4.92. The molecule has 2 aromatic carbocycles. The Labute approximate surface area is 132 Å². The van der Waals surface area contributed by atoms with Crippen molar-refractivity contribution in [1.29, 1.82) is 0 Å². The molecule has 20 heavy (non-hydrogen) atoms. The Kier molecular flexibility index (Phi) is 3.97. The minimum absolute atomic E-state index is 0.148. The quantitative estimate of drug-likeness (QED) is 0.726. The molecule has 0 radical (unpaired) electrons. The van der Waals surface area contributed by atoms with Crippen molar-refractivity contribution in [3.8, 4) is 5.75 Å². The van der Waals surface area contributed by atoms with Crippen LogP contribution in [-0.4, -0.2) is 6.61 Å². The minimum atomic E-state index is 0.148. The van der Waals surface area contributed by atoms with E-state index < -0.39 is 0 Å². The summed E-state index contributed by atoms with van der Waals surface area (Å²) in [6.07, 6.45) is 0.869. The van der Waals surface area contributed by atoms with Gasteiger partial charge in [0.15, 0.2) is 0 Å². The summed E-state index contributed by atoms with van der Waals surface area (Å²) in [7, 11) is 0. The van der Waals surface area contributed by atoms with E-state index in [1.54, 1.807) is 12.1 Å². The number of nitrogens with one attached hydrogen (secondary N) is 1. The van der Waals surface area contributed by atoms with Gasteiger partial charge in [0.2, 0.25) is 0 Å². The molecule has 1 aliphatic heterocycles. The van der Waals surface area contributed by atoms with Gasteiger partial charge in [-0.15, -0.1) is 0 Å². The number of benzene rings is 2. The maximum Gasteiger partial charge on any atom is 0.124 e. The second-order valence-electron chi connectivity index (χ2n) is 4.62. The first-order valence-corrected chi connectivity index (χ1v) is 7.41. The summed E-state index contributed by atoms with van der Waals surface area (Å²) < 4.78 is 5.64. The Hall–Kier alpha value is -1.09. The van der Waals surface area contributed by atoms with Crippen molar-refractivity contribution >= 4 is 40.5 Å². The number of rotatable bonds is 2. The molecular formula is C15H12Cl3NO. The van der Waals surface area contributed by atoms with Gasteiger partial charge in [-0.2, -0.15) is 0 Å². The standard InChI is InChI=1S/C15H12Cl3NO/c16-10-7-12(18)14(8-11(10)17)19-13-5-6-20-15-4-2-1-3-9(13)15/h1-4,7-8,13,19H,5-6H2. The molecule has 5 heteroatoms. The molecule has 0 fully saturated rings. The van der Waals surface area contributed by atoms with E-state index in [2.05, 4.69) is 11.4 Å². The topological polar surface area (TPSA) is 21.3 Å². The van der Waals surface area contributed by atoms with Crippen molar-refractivity contribution in [1.82, 2.24) is 0 Å². The van der Waals surface area contributed by atoms with Crippen molar-refractivity contribution in [2.24, 2.45) is 0 Å². The van der Waals surface area contributed by atoms with Crippen LogP contribution in [-0.2, 0) is 0 Å². The van der Waals surface area contributed by atoms with Gasteiger partial charge < -0.3 is 10.1 Å². The van der Waals surface area contributed by atoms with Gasteiger partial charge in [-0.25, -0.2) is 0 Å².